The van der Waals surface area contributed by atoms with Gasteiger partial charge in [0.25, 0.3) is 0 Å². The monoisotopic (exact) mass is 156 g/mol. The second kappa shape index (κ2) is 3.86. The summed E-state index contributed by atoms with van der Waals surface area (Å²) in [6, 6.07) is 0. The van der Waals surface area contributed by atoms with Crippen LogP contribution in [-0.2, 0) is 9.53 Å². The first-order valence-corrected chi connectivity index (χ1v) is 4.34. The molecule has 0 radical (unpaired) electrons. The first-order valence-electron chi connectivity index (χ1n) is 4.34. The second-order valence-corrected chi connectivity index (χ2v) is 3.44. The quantitative estimate of drug-likeness (QED) is 0.622. The fourth-order valence-electron chi connectivity index (χ4n) is 1.37. The molecule has 0 aromatic heterocycles. The fraction of sp³-hybridized carbons (Fsp3) is 0.889. The molecule has 2 heteroatoms. The molecule has 2 nitrogen and oxygen atoms in total. The molecule has 0 amide bonds. The zero-order chi connectivity index (χ0) is 8.27. The van der Waals surface area contributed by atoms with Crippen molar-refractivity contribution in [1.29, 1.82) is 0 Å². The summed E-state index contributed by atoms with van der Waals surface area (Å²) in [5.41, 5.74) is 0. The van der Waals surface area contributed by atoms with Crippen LogP contribution in [0.5, 0.6) is 0 Å². The molecule has 0 aromatic carbocycles. The van der Waals surface area contributed by atoms with Gasteiger partial charge in [0.1, 0.15) is 5.78 Å². The van der Waals surface area contributed by atoms with Crippen molar-refractivity contribution in [2.24, 2.45) is 5.92 Å². The van der Waals surface area contributed by atoms with Gasteiger partial charge >= 0.3 is 0 Å². The summed E-state index contributed by atoms with van der Waals surface area (Å²) in [5.74, 6) is 0.600. The molecule has 0 bridgehead atoms. The zero-order valence-corrected chi connectivity index (χ0v) is 7.30. The third kappa shape index (κ3) is 2.62. The van der Waals surface area contributed by atoms with Gasteiger partial charge in [0.2, 0.25) is 0 Å². The Balaban J connectivity index is 2.20. The summed E-state index contributed by atoms with van der Waals surface area (Å²) in [4.78, 5) is 11.1. The average molecular weight is 156 g/mol. The van der Waals surface area contributed by atoms with E-state index in [2.05, 4.69) is 0 Å². The maximum absolute atomic E-state index is 11.1. The number of ketones is 1. The minimum atomic E-state index is 0.206. The molecule has 0 N–H and O–H groups in total. The van der Waals surface area contributed by atoms with Crippen LogP contribution in [0.2, 0.25) is 0 Å². The molecular weight excluding hydrogens is 140 g/mol. The maximum Gasteiger partial charge on any atom is 0.138 e. The van der Waals surface area contributed by atoms with Crippen LogP contribution in [0, 0.1) is 5.92 Å². The van der Waals surface area contributed by atoms with Gasteiger partial charge in [-0.2, -0.15) is 0 Å². The number of hydrogen-bond acceptors (Lipinski definition) is 2. The Labute approximate surface area is 67.9 Å². The summed E-state index contributed by atoms with van der Waals surface area (Å²) < 4.78 is 5.38. The minimum Gasteiger partial charge on any atom is -0.378 e. The van der Waals surface area contributed by atoms with Crippen LogP contribution in [0.1, 0.15) is 33.1 Å². The molecule has 0 spiro atoms. The van der Waals surface area contributed by atoms with E-state index < -0.39 is 0 Å². The van der Waals surface area contributed by atoms with E-state index in [4.69, 9.17) is 4.74 Å². The number of ether oxygens (including phenoxy) is 1. The lowest BCUT2D eigenvalue weighted by atomic mass is 10.1. The largest absolute Gasteiger partial charge is 0.378 e. The SMILES string of the molecule is CC(C)OCC1CCCC1=O. The molecular formula is C9H16O2. The fourth-order valence-corrected chi connectivity index (χ4v) is 1.37. The highest BCUT2D eigenvalue weighted by Gasteiger charge is 2.24. The summed E-state index contributed by atoms with van der Waals surface area (Å²) in [6.07, 6.45) is 3.12. The molecule has 1 atom stereocenters. The third-order valence-electron chi connectivity index (χ3n) is 2.06. The van der Waals surface area contributed by atoms with E-state index in [1.54, 1.807) is 0 Å². The smallest absolute Gasteiger partial charge is 0.138 e. The maximum atomic E-state index is 11.1. The Kier molecular flexibility index (Phi) is 3.06. The van der Waals surface area contributed by atoms with Gasteiger partial charge in [-0.1, -0.05) is 0 Å². The molecule has 0 heterocycles. The van der Waals surface area contributed by atoms with Crippen LogP contribution < -0.4 is 0 Å². The molecule has 64 valence electrons. The van der Waals surface area contributed by atoms with E-state index in [9.17, 15) is 4.79 Å². The van der Waals surface area contributed by atoms with Crippen molar-refractivity contribution in [2.75, 3.05) is 6.61 Å². The predicted molar refractivity (Wildman–Crippen MR) is 43.4 cm³/mol. The van der Waals surface area contributed by atoms with Gasteiger partial charge in [-0.15, -0.1) is 0 Å². The van der Waals surface area contributed by atoms with Crippen molar-refractivity contribution in [2.45, 2.75) is 39.2 Å². The molecule has 11 heavy (non-hydrogen) atoms. The highest BCUT2D eigenvalue weighted by atomic mass is 16.5. The normalized spacial score (nSPS) is 25.0. The van der Waals surface area contributed by atoms with Crippen molar-refractivity contribution in [1.82, 2.24) is 0 Å². The van der Waals surface area contributed by atoms with Gasteiger partial charge in [0.15, 0.2) is 0 Å². The Bertz CT molecular complexity index is 140. The lowest BCUT2D eigenvalue weighted by Gasteiger charge is -2.11. The zero-order valence-electron chi connectivity index (χ0n) is 7.30. The number of carbonyl (C=O) groups excluding carboxylic acids is 1. The third-order valence-corrected chi connectivity index (χ3v) is 2.06. The number of rotatable bonds is 3. The van der Waals surface area contributed by atoms with E-state index in [-0.39, 0.29) is 12.0 Å². The molecule has 1 aliphatic rings. The second-order valence-electron chi connectivity index (χ2n) is 3.44. The Morgan fingerprint density at radius 2 is 2.36 bits per heavy atom. The number of hydrogen-bond donors (Lipinski definition) is 0. The van der Waals surface area contributed by atoms with E-state index in [1.807, 2.05) is 13.8 Å². The molecule has 1 rings (SSSR count). The molecule has 0 aliphatic heterocycles. The van der Waals surface area contributed by atoms with E-state index in [0.29, 0.717) is 12.4 Å². The van der Waals surface area contributed by atoms with Crippen LogP contribution in [-0.4, -0.2) is 18.5 Å². The predicted octanol–water partition coefficient (Wildman–Crippen LogP) is 1.78. The van der Waals surface area contributed by atoms with Crippen molar-refractivity contribution >= 4 is 5.78 Å². The summed E-state index contributed by atoms with van der Waals surface area (Å²) >= 11 is 0. The Morgan fingerprint density at radius 1 is 1.64 bits per heavy atom. The van der Waals surface area contributed by atoms with Gasteiger partial charge in [-0.3, -0.25) is 4.79 Å². The lowest BCUT2D eigenvalue weighted by Crippen LogP contribution is -2.16. The summed E-state index contributed by atoms with van der Waals surface area (Å²) in [7, 11) is 0. The van der Waals surface area contributed by atoms with Crippen molar-refractivity contribution < 1.29 is 9.53 Å². The van der Waals surface area contributed by atoms with Crippen molar-refractivity contribution in [3.8, 4) is 0 Å². The minimum absolute atomic E-state index is 0.206. The van der Waals surface area contributed by atoms with E-state index in [1.165, 1.54) is 0 Å². The van der Waals surface area contributed by atoms with Crippen LogP contribution in [0.4, 0.5) is 0 Å². The Hall–Kier alpha value is -0.370. The van der Waals surface area contributed by atoms with Gasteiger partial charge in [-0.05, 0) is 26.7 Å². The summed E-state index contributed by atoms with van der Waals surface area (Å²) in [6.45, 7) is 4.63. The van der Waals surface area contributed by atoms with Crippen LogP contribution >= 0.6 is 0 Å². The van der Waals surface area contributed by atoms with Crippen LogP contribution in [0.15, 0.2) is 0 Å². The highest BCUT2D eigenvalue weighted by Crippen LogP contribution is 2.21. The topological polar surface area (TPSA) is 26.3 Å². The number of Topliss-reactive ketones (excluding diaryl/α,β-unsaturated/α-hetero) is 1. The molecule has 1 fully saturated rings. The molecule has 1 aliphatic carbocycles. The van der Waals surface area contributed by atoms with Gasteiger partial charge in [0.05, 0.1) is 12.7 Å². The molecule has 0 aromatic rings. The van der Waals surface area contributed by atoms with E-state index >= 15 is 0 Å². The van der Waals surface area contributed by atoms with E-state index in [0.717, 1.165) is 19.3 Å². The lowest BCUT2D eigenvalue weighted by molar-refractivity contribution is -0.122. The number of carbonyl (C=O) groups is 1. The molecule has 1 saturated carbocycles. The van der Waals surface area contributed by atoms with Gasteiger partial charge in [0, 0.05) is 12.3 Å². The van der Waals surface area contributed by atoms with Gasteiger partial charge in [-0.25, -0.2) is 0 Å². The van der Waals surface area contributed by atoms with Crippen molar-refractivity contribution in [3.05, 3.63) is 0 Å². The van der Waals surface area contributed by atoms with Crippen LogP contribution in [0.25, 0.3) is 0 Å². The molecule has 0 saturated heterocycles. The average Bonchev–Trinajstić information content (AvgIpc) is 2.31. The first kappa shape index (κ1) is 8.72. The highest BCUT2D eigenvalue weighted by molar-refractivity contribution is 5.82. The summed E-state index contributed by atoms with van der Waals surface area (Å²) in [5, 5.41) is 0. The molecule has 1 unspecified atom stereocenters. The van der Waals surface area contributed by atoms with Crippen molar-refractivity contribution in [3.63, 3.8) is 0 Å². The van der Waals surface area contributed by atoms with Gasteiger partial charge < -0.3 is 4.74 Å². The first-order chi connectivity index (χ1) is 5.20. The Morgan fingerprint density at radius 3 is 2.82 bits per heavy atom. The standard InChI is InChI=1S/C9H16O2/c1-7(2)11-6-8-4-3-5-9(8)10/h7-8H,3-6H2,1-2H3. The van der Waals surface area contributed by atoms with Crippen LogP contribution in [0.3, 0.4) is 0 Å².